The van der Waals surface area contributed by atoms with E-state index in [1.807, 2.05) is 13.1 Å². The van der Waals surface area contributed by atoms with Crippen molar-refractivity contribution in [2.24, 2.45) is 5.92 Å². The zero-order valence-electron chi connectivity index (χ0n) is 7.73. The van der Waals surface area contributed by atoms with Gasteiger partial charge in [0.25, 0.3) is 0 Å². The van der Waals surface area contributed by atoms with Gasteiger partial charge in [-0.1, -0.05) is 6.08 Å². The summed E-state index contributed by atoms with van der Waals surface area (Å²) in [6.45, 7) is 0.961. The highest BCUT2D eigenvalue weighted by Gasteiger charge is 2.45. The smallest absolute Gasteiger partial charge is 0.146 e. The van der Waals surface area contributed by atoms with Gasteiger partial charge in [-0.25, -0.2) is 0 Å². The highest BCUT2D eigenvalue weighted by atomic mass is 16.1. The third-order valence-corrected chi connectivity index (χ3v) is 3.11. The zero-order chi connectivity index (χ0) is 9.64. The van der Waals surface area contributed by atoms with E-state index < -0.39 is 5.21 Å². The lowest BCUT2D eigenvalue weighted by molar-refractivity contribution is -0.117. The summed E-state index contributed by atoms with van der Waals surface area (Å²) in [4.78, 5) is 13.5. The van der Waals surface area contributed by atoms with Gasteiger partial charge in [0, 0.05) is 6.04 Å². The minimum Gasteiger partial charge on any atom is -0.303 e. The topological polar surface area (TPSA) is 20.3 Å². The molecule has 4 heteroatoms. The lowest BCUT2D eigenvalue weighted by Crippen LogP contribution is -2.47. The Morgan fingerprint density at radius 2 is 2.31 bits per heavy atom. The van der Waals surface area contributed by atoms with Crippen LogP contribution in [0.4, 0.5) is 0 Å². The number of likely N-dealkylation sites (tertiary alicyclic amines) is 1. The predicted octanol–water partition coefficient (Wildman–Crippen LogP) is -0.101. The molecule has 1 heterocycles. The Balaban J connectivity index is 2.38. The second kappa shape index (κ2) is 2.74. The lowest BCUT2D eigenvalue weighted by Gasteiger charge is -2.40. The molecule has 1 saturated heterocycles. The Morgan fingerprint density at radius 1 is 1.62 bits per heavy atom. The molecule has 13 heavy (non-hydrogen) atoms. The van der Waals surface area contributed by atoms with Crippen LogP contribution in [0.3, 0.4) is 0 Å². The number of fused-ring (bicyclic) bond motifs is 1. The Morgan fingerprint density at radius 3 is 3.00 bits per heavy atom. The van der Waals surface area contributed by atoms with Crippen LogP contribution >= 0.6 is 0 Å². The second-order valence-corrected chi connectivity index (χ2v) is 4.03. The minimum atomic E-state index is -1.19. The standard InChI is InChI=1S/C9H11B2NO/c1-12-5-4-6-2-3-7(13)9(10,11)8(6)12/h2-3,6,8H,4-5H2,1H3. The molecule has 1 aliphatic heterocycles. The molecule has 2 nitrogen and oxygen atoms in total. The molecule has 4 radical (unpaired) electrons. The van der Waals surface area contributed by atoms with Crippen LogP contribution in [-0.4, -0.2) is 46.0 Å². The van der Waals surface area contributed by atoms with Crippen LogP contribution in [0.2, 0.25) is 5.21 Å². The summed E-state index contributed by atoms with van der Waals surface area (Å²) in [6, 6.07) is -0.0231. The fraction of sp³-hybridized carbons (Fsp3) is 0.667. The first-order valence-electron chi connectivity index (χ1n) is 4.54. The Hall–Kier alpha value is -0.500. The molecule has 1 fully saturated rings. The van der Waals surface area contributed by atoms with E-state index in [2.05, 4.69) is 4.90 Å². The molecule has 2 aliphatic rings. The lowest BCUT2D eigenvalue weighted by atomic mass is 9.45. The van der Waals surface area contributed by atoms with Crippen LogP contribution in [0.5, 0.6) is 0 Å². The van der Waals surface area contributed by atoms with E-state index in [-0.39, 0.29) is 11.8 Å². The summed E-state index contributed by atoms with van der Waals surface area (Å²) >= 11 is 0. The van der Waals surface area contributed by atoms with Crippen molar-refractivity contribution in [3.8, 4) is 0 Å². The van der Waals surface area contributed by atoms with Gasteiger partial charge in [-0.15, -0.1) is 0 Å². The number of carbonyl (C=O) groups is 1. The van der Waals surface area contributed by atoms with Crippen molar-refractivity contribution in [2.75, 3.05) is 13.6 Å². The van der Waals surface area contributed by atoms with Crippen molar-refractivity contribution in [3.05, 3.63) is 12.2 Å². The molecule has 0 bridgehead atoms. The minimum absolute atomic E-state index is 0.0231. The van der Waals surface area contributed by atoms with Gasteiger partial charge in [0.05, 0.1) is 15.7 Å². The molecule has 2 atom stereocenters. The quantitative estimate of drug-likeness (QED) is 0.474. The summed E-state index contributed by atoms with van der Waals surface area (Å²) in [5.74, 6) is 0.181. The first-order chi connectivity index (χ1) is 6.03. The van der Waals surface area contributed by atoms with Gasteiger partial charge in [0.2, 0.25) is 0 Å². The first kappa shape index (κ1) is 9.07. The van der Waals surface area contributed by atoms with E-state index in [4.69, 9.17) is 15.7 Å². The molecule has 2 unspecified atom stereocenters. The van der Waals surface area contributed by atoms with Crippen molar-refractivity contribution in [2.45, 2.75) is 17.7 Å². The molecular formula is C9H11B2NO. The molecule has 0 spiro atoms. The maximum absolute atomic E-state index is 11.4. The van der Waals surface area contributed by atoms with Gasteiger partial charge in [-0.2, -0.15) is 0 Å². The van der Waals surface area contributed by atoms with Crippen molar-refractivity contribution in [1.29, 1.82) is 0 Å². The molecule has 0 aromatic heterocycles. The highest BCUT2D eigenvalue weighted by Crippen LogP contribution is 2.41. The maximum Gasteiger partial charge on any atom is 0.146 e. The van der Waals surface area contributed by atoms with E-state index in [1.54, 1.807) is 0 Å². The molecule has 0 aromatic rings. The average molecular weight is 171 g/mol. The third kappa shape index (κ3) is 1.19. The predicted molar refractivity (Wildman–Crippen MR) is 52.9 cm³/mol. The third-order valence-electron chi connectivity index (χ3n) is 3.11. The monoisotopic (exact) mass is 171 g/mol. The van der Waals surface area contributed by atoms with Crippen molar-refractivity contribution >= 4 is 21.5 Å². The van der Waals surface area contributed by atoms with Gasteiger partial charge in [0.1, 0.15) is 5.78 Å². The summed E-state index contributed by atoms with van der Waals surface area (Å²) in [5, 5.41) is -1.19. The first-order valence-corrected chi connectivity index (χ1v) is 4.54. The van der Waals surface area contributed by atoms with Crippen molar-refractivity contribution < 1.29 is 4.79 Å². The van der Waals surface area contributed by atoms with Gasteiger partial charge in [0.15, 0.2) is 0 Å². The van der Waals surface area contributed by atoms with Crippen molar-refractivity contribution in [3.63, 3.8) is 0 Å². The molecule has 0 amide bonds. The van der Waals surface area contributed by atoms with E-state index in [1.165, 1.54) is 6.08 Å². The van der Waals surface area contributed by atoms with Crippen LogP contribution in [0.1, 0.15) is 6.42 Å². The van der Waals surface area contributed by atoms with Gasteiger partial charge < -0.3 is 4.90 Å². The maximum atomic E-state index is 11.4. The fourth-order valence-corrected chi connectivity index (χ4v) is 2.40. The molecule has 2 rings (SSSR count). The van der Waals surface area contributed by atoms with Gasteiger partial charge in [-0.3, -0.25) is 4.79 Å². The largest absolute Gasteiger partial charge is 0.303 e. The van der Waals surface area contributed by atoms with E-state index in [0.717, 1.165) is 13.0 Å². The molecule has 64 valence electrons. The van der Waals surface area contributed by atoms with Crippen LogP contribution in [-0.2, 0) is 4.79 Å². The van der Waals surface area contributed by atoms with Crippen LogP contribution in [0.15, 0.2) is 12.2 Å². The van der Waals surface area contributed by atoms with Crippen LogP contribution < -0.4 is 0 Å². The number of nitrogens with zero attached hydrogens (tertiary/aromatic N) is 1. The zero-order valence-corrected chi connectivity index (χ0v) is 7.73. The summed E-state index contributed by atoms with van der Waals surface area (Å²) in [5.41, 5.74) is 0. The SMILES string of the molecule is [B]C1([B])C(=O)C=CC2CCN(C)C21. The highest BCUT2D eigenvalue weighted by molar-refractivity contribution is 6.53. The van der Waals surface area contributed by atoms with Crippen LogP contribution in [0.25, 0.3) is 0 Å². The number of carbonyl (C=O) groups excluding carboxylic acids is 1. The van der Waals surface area contributed by atoms with Crippen molar-refractivity contribution in [1.82, 2.24) is 4.90 Å². The van der Waals surface area contributed by atoms with E-state index >= 15 is 0 Å². The number of rotatable bonds is 0. The van der Waals surface area contributed by atoms with Gasteiger partial charge in [-0.05, 0) is 37.2 Å². The summed E-state index contributed by atoms with van der Waals surface area (Å²) < 4.78 is 0. The molecule has 0 saturated carbocycles. The molecule has 0 N–H and O–H groups in total. The molecular weight excluding hydrogens is 160 g/mol. The Kier molecular flexibility index (Phi) is 1.91. The second-order valence-electron chi connectivity index (χ2n) is 4.03. The Labute approximate surface area is 81.2 Å². The van der Waals surface area contributed by atoms with E-state index in [0.29, 0.717) is 5.92 Å². The summed E-state index contributed by atoms with van der Waals surface area (Å²) in [6.07, 6.45) is 4.51. The molecule has 0 aromatic carbocycles. The van der Waals surface area contributed by atoms with Crippen LogP contribution in [0, 0.1) is 5.92 Å². The number of hydrogen-bond donors (Lipinski definition) is 0. The fourth-order valence-electron chi connectivity index (χ4n) is 2.40. The van der Waals surface area contributed by atoms with Gasteiger partial charge >= 0.3 is 0 Å². The number of hydrogen-bond acceptors (Lipinski definition) is 2. The normalized spacial score (nSPS) is 37.8. The Bertz CT molecular complexity index is 275. The number of ketones is 1. The summed E-state index contributed by atoms with van der Waals surface area (Å²) in [7, 11) is 13.6. The number of allylic oxidation sites excluding steroid dienone is 1. The van der Waals surface area contributed by atoms with E-state index in [9.17, 15) is 4.79 Å². The average Bonchev–Trinajstić information content (AvgIpc) is 2.41. The molecule has 1 aliphatic carbocycles.